The maximum Gasteiger partial charge on any atom is 0.363 e. The normalized spacial score (nSPS) is 14.6. The third kappa shape index (κ3) is 4.79. The number of ether oxygens (including phenoxy) is 3. The summed E-state index contributed by atoms with van der Waals surface area (Å²) in [5.74, 6) is -0.0677. The fourth-order valence-corrected chi connectivity index (χ4v) is 3.57. The number of carbonyl (C=O) groups is 2. The Morgan fingerprint density at radius 3 is 2.79 bits per heavy atom. The number of hydrogen-bond acceptors (Lipinski definition) is 6. The maximum atomic E-state index is 12.2. The van der Waals surface area contributed by atoms with Crippen molar-refractivity contribution in [3.05, 3.63) is 61.3 Å². The van der Waals surface area contributed by atoms with Crippen LogP contribution in [0.5, 0.6) is 11.5 Å². The number of halogens is 2. The molecule has 0 N–H and O–H groups in total. The summed E-state index contributed by atoms with van der Waals surface area (Å²) in [5.41, 5.74) is 1.54. The fraction of sp³-hybridized carbons (Fsp3) is 0.150. The highest BCUT2D eigenvalue weighted by Crippen LogP contribution is 2.38. The third-order valence-corrected chi connectivity index (χ3v) is 4.83. The number of nitrogens with zero attached hydrogens (tertiary/aromatic N) is 1. The van der Waals surface area contributed by atoms with Crippen molar-refractivity contribution in [3.63, 3.8) is 0 Å². The highest BCUT2D eigenvalue weighted by molar-refractivity contribution is 14.1. The molecule has 0 spiro atoms. The summed E-state index contributed by atoms with van der Waals surface area (Å²) in [6, 6.07) is 10.9. The Bertz CT molecular complexity index is 1020. The average Bonchev–Trinajstić information content (AvgIpc) is 2.99. The fourth-order valence-electron chi connectivity index (χ4n) is 2.49. The lowest BCUT2D eigenvalue weighted by atomic mass is 10.1. The molecule has 2 aromatic carbocycles. The van der Waals surface area contributed by atoms with Crippen LogP contribution in [0.15, 0.2) is 51.6 Å². The van der Waals surface area contributed by atoms with Gasteiger partial charge in [-0.25, -0.2) is 9.79 Å². The van der Waals surface area contributed by atoms with Crippen molar-refractivity contribution < 1.29 is 23.8 Å². The first-order valence-corrected chi connectivity index (χ1v) is 10.2. The third-order valence-electron chi connectivity index (χ3n) is 3.57. The zero-order chi connectivity index (χ0) is 20.3. The van der Waals surface area contributed by atoms with E-state index in [0.717, 1.165) is 9.13 Å². The van der Waals surface area contributed by atoms with Gasteiger partial charge in [-0.1, -0.05) is 6.07 Å². The first-order valence-electron chi connectivity index (χ1n) is 8.30. The summed E-state index contributed by atoms with van der Waals surface area (Å²) in [4.78, 5) is 27.9. The molecule has 0 saturated carbocycles. The van der Waals surface area contributed by atoms with E-state index in [9.17, 15) is 9.59 Å². The van der Waals surface area contributed by atoms with Gasteiger partial charge in [-0.3, -0.25) is 4.79 Å². The van der Waals surface area contributed by atoms with Gasteiger partial charge in [0.15, 0.2) is 17.2 Å². The van der Waals surface area contributed by atoms with Gasteiger partial charge in [0.1, 0.15) is 0 Å². The lowest BCUT2D eigenvalue weighted by molar-refractivity contribution is -0.132. The molecule has 6 nitrogen and oxygen atoms in total. The van der Waals surface area contributed by atoms with Crippen molar-refractivity contribution >= 4 is 62.4 Å². The first-order chi connectivity index (χ1) is 13.4. The van der Waals surface area contributed by atoms with Crippen molar-refractivity contribution in [2.45, 2.75) is 13.8 Å². The molecule has 0 aliphatic carbocycles. The summed E-state index contributed by atoms with van der Waals surface area (Å²) in [6.45, 7) is 3.52. The van der Waals surface area contributed by atoms with E-state index in [1.54, 1.807) is 18.2 Å². The second-order valence-electron chi connectivity index (χ2n) is 5.70. The van der Waals surface area contributed by atoms with Gasteiger partial charge in [0.25, 0.3) is 0 Å². The van der Waals surface area contributed by atoms with Gasteiger partial charge in [-0.05, 0) is 87.4 Å². The standard InChI is InChI=1S/C20H15BrINO5/c1-3-26-17-9-12(7-15(21)18(17)27-11(2)24)8-16-20(25)28-19(23-16)13-5-4-6-14(22)10-13/h4-10H,3H2,1-2H3. The molecule has 144 valence electrons. The molecular weight excluding hydrogens is 541 g/mol. The zero-order valence-electron chi connectivity index (χ0n) is 15.0. The van der Waals surface area contributed by atoms with Crippen LogP contribution in [0.2, 0.25) is 0 Å². The lowest BCUT2D eigenvalue weighted by Crippen LogP contribution is -2.06. The summed E-state index contributed by atoms with van der Waals surface area (Å²) in [5, 5.41) is 0. The average molecular weight is 556 g/mol. The lowest BCUT2D eigenvalue weighted by Gasteiger charge is -2.12. The predicted octanol–water partition coefficient (Wildman–Crippen LogP) is 4.72. The molecule has 28 heavy (non-hydrogen) atoms. The number of benzene rings is 2. The Hall–Kier alpha value is -2.20. The Kier molecular flexibility index (Phi) is 6.50. The Morgan fingerprint density at radius 2 is 2.11 bits per heavy atom. The SMILES string of the molecule is CCOc1cc(C=C2N=C(c3cccc(I)c3)OC2=O)cc(Br)c1OC(C)=O. The second kappa shape index (κ2) is 8.87. The molecule has 3 rings (SSSR count). The molecule has 1 aliphatic rings. The van der Waals surface area contributed by atoms with Crippen molar-refractivity contribution in [3.8, 4) is 11.5 Å². The molecule has 0 aromatic heterocycles. The van der Waals surface area contributed by atoms with Crippen LogP contribution in [0.3, 0.4) is 0 Å². The summed E-state index contributed by atoms with van der Waals surface area (Å²) in [7, 11) is 0. The number of hydrogen-bond donors (Lipinski definition) is 0. The van der Waals surface area contributed by atoms with Gasteiger partial charge >= 0.3 is 11.9 Å². The van der Waals surface area contributed by atoms with Gasteiger partial charge in [0, 0.05) is 16.1 Å². The number of rotatable bonds is 5. The van der Waals surface area contributed by atoms with Crippen LogP contribution in [0.25, 0.3) is 6.08 Å². The molecule has 0 bridgehead atoms. The molecule has 8 heteroatoms. The minimum atomic E-state index is -0.535. The van der Waals surface area contributed by atoms with Crippen molar-refractivity contribution in [1.82, 2.24) is 0 Å². The second-order valence-corrected chi connectivity index (χ2v) is 7.80. The number of carbonyl (C=O) groups excluding carboxylic acids is 2. The molecule has 0 saturated heterocycles. The van der Waals surface area contributed by atoms with Crippen LogP contribution in [0, 0.1) is 3.57 Å². The van der Waals surface area contributed by atoms with Crippen LogP contribution in [0.1, 0.15) is 25.0 Å². The van der Waals surface area contributed by atoms with Crippen LogP contribution in [-0.2, 0) is 14.3 Å². The summed E-state index contributed by atoms with van der Waals surface area (Å²) in [6.07, 6.45) is 1.59. The van der Waals surface area contributed by atoms with E-state index >= 15 is 0 Å². The minimum absolute atomic E-state index is 0.170. The Morgan fingerprint density at radius 1 is 1.32 bits per heavy atom. The predicted molar refractivity (Wildman–Crippen MR) is 116 cm³/mol. The highest BCUT2D eigenvalue weighted by Gasteiger charge is 2.24. The van der Waals surface area contributed by atoms with Gasteiger partial charge in [-0.2, -0.15) is 0 Å². The van der Waals surface area contributed by atoms with Gasteiger partial charge in [-0.15, -0.1) is 0 Å². The molecule has 0 radical (unpaired) electrons. The van der Waals surface area contributed by atoms with Gasteiger partial charge < -0.3 is 14.2 Å². The first kappa shape index (κ1) is 20.5. The van der Waals surface area contributed by atoms with Crippen LogP contribution in [0.4, 0.5) is 0 Å². The van der Waals surface area contributed by atoms with E-state index in [1.807, 2.05) is 31.2 Å². The topological polar surface area (TPSA) is 74.2 Å². The van der Waals surface area contributed by atoms with E-state index in [0.29, 0.717) is 22.4 Å². The number of cyclic esters (lactones) is 1. The summed E-state index contributed by atoms with van der Waals surface area (Å²) < 4.78 is 17.6. The molecule has 2 aromatic rings. The van der Waals surface area contributed by atoms with E-state index in [2.05, 4.69) is 43.5 Å². The molecule has 0 amide bonds. The van der Waals surface area contributed by atoms with E-state index < -0.39 is 11.9 Å². The van der Waals surface area contributed by atoms with Crippen molar-refractivity contribution in [1.29, 1.82) is 0 Å². The van der Waals surface area contributed by atoms with Crippen molar-refractivity contribution in [2.24, 2.45) is 4.99 Å². The van der Waals surface area contributed by atoms with Crippen LogP contribution < -0.4 is 9.47 Å². The van der Waals surface area contributed by atoms with Crippen LogP contribution in [-0.4, -0.2) is 24.4 Å². The molecular formula is C20H15BrINO5. The maximum absolute atomic E-state index is 12.2. The van der Waals surface area contributed by atoms with E-state index in [1.165, 1.54) is 6.92 Å². The largest absolute Gasteiger partial charge is 0.490 e. The highest BCUT2D eigenvalue weighted by atomic mass is 127. The van der Waals surface area contributed by atoms with E-state index in [-0.39, 0.29) is 17.3 Å². The Balaban J connectivity index is 1.98. The molecule has 1 heterocycles. The molecule has 0 unspecified atom stereocenters. The molecule has 1 aliphatic heterocycles. The zero-order valence-corrected chi connectivity index (χ0v) is 18.7. The van der Waals surface area contributed by atoms with Gasteiger partial charge in [0.05, 0.1) is 11.1 Å². The number of esters is 2. The van der Waals surface area contributed by atoms with Crippen molar-refractivity contribution in [2.75, 3.05) is 6.61 Å². The molecule has 0 fully saturated rings. The Labute approximate surface area is 183 Å². The monoisotopic (exact) mass is 555 g/mol. The number of aliphatic imine (C=N–C) groups is 1. The smallest absolute Gasteiger partial charge is 0.363 e. The van der Waals surface area contributed by atoms with Gasteiger partial charge in [0.2, 0.25) is 5.90 Å². The summed E-state index contributed by atoms with van der Waals surface area (Å²) >= 11 is 5.56. The quantitative estimate of drug-likeness (QED) is 0.231. The van der Waals surface area contributed by atoms with Crippen LogP contribution >= 0.6 is 38.5 Å². The molecule has 0 atom stereocenters. The van der Waals surface area contributed by atoms with E-state index in [4.69, 9.17) is 14.2 Å². The minimum Gasteiger partial charge on any atom is -0.490 e.